The van der Waals surface area contributed by atoms with Gasteiger partial charge in [0.15, 0.2) is 0 Å². The molecule has 0 radical (unpaired) electrons. The fourth-order valence-corrected chi connectivity index (χ4v) is 3.60. The molecule has 7 nitrogen and oxygen atoms in total. The van der Waals surface area contributed by atoms with E-state index >= 15 is 0 Å². The smallest absolute Gasteiger partial charge is 0.255 e. The fraction of sp³-hybridized carbons (Fsp3) is 0.261. The van der Waals surface area contributed by atoms with Gasteiger partial charge in [0, 0.05) is 42.4 Å². The second-order valence-corrected chi connectivity index (χ2v) is 7.51. The minimum Gasteiger partial charge on any atom is -0.369 e. The number of rotatable bonds is 7. The molecule has 0 saturated carbocycles. The van der Waals surface area contributed by atoms with Gasteiger partial charge < -0.3 is 14.6 Å². The Hall–Kier alpha value is -3.61. The highest BCUT2D eigenvalue weighted by molar-refractivity contribution is 6.04. The van der Waals surface area contributed by atoms with Crippen LogP contribution in [-0.4, -0.2) is 37.7 Å². The van der Waals surface area contributed by atoms with Crippen LogP contribution in [0.2, 0.25) is 0 Å². The molecule has 154 valence electrons. The summed E-state index contributed by atoms with van der Waals surface area (Å²) in [5, 5.41) is 7.26. The van der Waals surface area contributed by atoms with Gasteiger partial charge in [0.2, 0.25) is 0 Å². The number of hydrogen-bond donors (Lipinski definition) is 1. The fourth-order valence-electron chi connectivity index (χ4n) is 3.60. The molecular formula is C23H26N6O. The van der Waals surface area contributed by atoms with E-state index < -0.39 is 0 Å². The zero-order valence-electron chi connectivity index (χ0n) is 17.5. The molecule has 3 heterocycles. The first-order valence-corrected chi connectivity index (χ1v) is 10.2. The Kier molecular flexibility index (Phi) is 5.52. The van der Waals surface area contributed by atoms with Gasteiger partial charge >= 0.3 is 0 Å². The van der Waals surface area contributed by atoms with Gasteiger partial charge in [-0.15, -0.1) is 0 Å². The first-order valence-electron chi connectivity index (χ1n) is 10.2. The summed E-state index contributed by atoms with van der Waals surface area (Å²) in [5.74, 6) is -0.151. The normalized spacial score (nSPS) is 11.2. The van der Waals surface area contributed by atoms with Gasteiger partial charge in [-0.25, -0.2) is 4.98 Å². The summed E-state index contributed by atoms with van der Waals surface area (Å²) in [4.78, 5) is 19.5. The van der Waals surface area contributed by atoms with Crippen LogP contribution in [0, 0.1) is 0 Å². The number of amides is 1. The van der Waals surface area contributed by atoms with E-state index in [4.69, 9.17) is 0 Å². The third kappa shape index (κ3) is 4.20. The number of aromatic nitrogens is 4. The van der Waals surface area contributed by atoms with E-state index in [1.807, 2.05) is 65.5 Å². The zero-order chi connectivity index (χ0) is 21.1. The van der Waals surface area contributed by atoms with Crippen molar-refractivity contribution in [3.05, 3.63) is 78.5 Å². The lowest BCUT2D eigenvalue weighted by Crippen LogP contribution is -2.30. The van der Waals surface area contributed by atoms with Gasteiger partial charge in [-0.1, -0.05) is 6.07 Å². The second-order valence-electron chi connectivity index (χ2n) is 7.51. The third-order valence-electron chi connectivity index (χ3n) is 5.05. The maximum Gasteiger partial charge on any atom is 0.255 e. The van der Waals surface area contributed by atoms with E-state index in [2.05, 4.69) is 41.1 Å². The van der Waals surface area contributed by atoms with Crippen molar-refractivity contribution in [1.29, 1.82) is 0 Å². The number of benzene rings is 1. The predicted octanol–water partition coefficient (Wildman–Crippen LogP) is 4.07. The maximum atomic E-state index is 12.6. The van der Waals surface area contributed by atoms with Crippen molar-refractivity contribution in [3.63, 3.8) is 0 Å². The molecule has 4 aromatic rings. The number of nitrogens with one attached hydrogen (secondary N) is 1. The van der Waals surface area contributed by atoms with Crippen LogP contribution in [0.1, 0.15) is 36.8 Å². The van der Waals surface area contributed by atoms with Crippen molar-refractivity contribution in [2.75, 3.05) is 16.8 Å². The van der Waals surface area contributed by atoms with Crippen molar-refractivity contribution >= 4 is 22.9 Å². The minimum atomic E-state index is -0.151. The van der Waals surface area contributed by atoms with Crippen LogP contribution in [-0.2, 0) is 6.54 Å². The number of nitrogens with zero attached hydrogens (tertiary/aromatic N) is 5. The number of imidazole rings is 1. The molecule has 4 rings (SSSR count). The molecule has 1 amide bonds. The maximum absolute atomic E-state index is 12.6. The Morgan fingerprint density at radius 1 is 1.13 bits per heavy atom. The molecule has 30 heavy (non-hydrogen) atoms. The SMILES string of the molecule is CCN(c1ccc(C(=O)Nc2cnn(Cc3cn4ccccc4n3)c2)cc1)C(C)C. The molecule has 0 bridgehead atoms. The van der Waals surface area contributed by atoms with Crippen LogP contribution >= 0.6 is 0 Å². The van der Waals surface area contributed by atoms with Gasteiger partial charge in [-0.05, 0) is 57.2 Å². The van der Waals surface area contributed by atoms with Crippen LogP contribution in [0.4, 0.5) is 11.4 Å². The summed E-state index contributed by atoms with van der Waals surface area (Å²) in [5.41, 5.74) is 4.19. The summed E-state index contributed by atoms with van der Waals surface area (Å²) >= 11 is 0. The minimum absolute atomic E-state index is 0.151. The molecule has 3 aromatic heterocycles. The molecule has 0 unspecified atom stereocenters. The highest BCUT2D eigenvalue weighted by Gasteiger charge is 2.12. The van der Waals surface area contributed by atoms with Crippen molar-refractivity contribution in [3.8, 4) is 0 Å². The highest BCUT2D eigenvalue weighted by atomic mass is 16.1. The molecule has 0 spiro atoms. The van der Waals surface area contributed by atoms with Crippen molar-refractivity contribution in [2.45, 2.75) is 33.4 Å². The number of fused-ring (bicyclic) bond motifs is 1. The summed E-state index contributed by atoms with van der Waals surface area (Å²) in [7, 11) is 0. The van der Waals surface area contributed by atoms with Gasteiger partial charge in [-0.3, -0.25) is 9.48 Å². The number of anilines is 2. The summed E-state index contributed by atoms with van der Waals surface area (Å²) < 4.78 is 3.74. The van der Waals surface area contributed by atoms with E-state index in [0.29, 0.717) is 23.8 Å². The van der Waals surface area contributed by atoms with Crippen LogP contribution < -0.4 is 10.2 Å². The van der Waals surface area contributed by atoms with Crippen molar-refractivity contribution in [1.82, 2.24) is 19.2 Å². The zero-order valence-corrected chi connectivity index (χ0v) is 17.5. The molecular weight excluding hydrogens is 376 g/mol. The first-order chi connectivity index (χ1) is 14.5. The summed E-state index contributed by atoms with van der Waals surface area (Å²) in [6, 6.07) is 14.0. The molecule has 0 atom stereocenters. The van der Waals surface area contributed by atoms with E-state index in [1.165, 1.54) is 0 Å². The van der Waals surface area contributed by atoms with E-state index in [1.54, 1.807) is 10.9 Å². The molecule has 0 fully saturated rings. The van der Waals surface area contributed by atoms with Gasteiger partial charge in [0.05, 0.1) is 24.1 Å². The Labute approximate surface area is 176 Å². The van der Waals surface area contributed by atoms with E-state index in [0.717, 1.165) is 23.6 Å². The van der Waals surface area contributed by atoms with Crippen molar-refractivity contribution < 1.29 is 4.79 Å². The molecule has 7 heteroatoms. The van der Waals surface area contributed by atoms with Gasteiger partial charge in [0.25, 0.3) is 5.91 Å². The van der Waals surface area contributed by atoms with Crippen LogP contribution in [0.15, 0.2) is 67.3 Å². The second kappa shape index (κ2) is 8.41. The summed E-state index contributed by atoms with van der Waals surface area (Å²) in [6.45, 7) is 7.91. The monoisotopic (exact) mass is 402 g/mol. The number of pyridine rings is 1. The van der Waals surface area contributed by atoms with Crippen LogP contribution in [0.3, 0.4) is 0 Å². The van der Waals surface area contributed by atoms with Gasteiger partial charge in [-0.2, -0.15) is 5.10 Å². The third-order valence-corrected chi connectivity index (χ3v) is 5.05. The molecule has 0 saturated heterocycles. The molecule has 0 aliphatic heterocycles. The lowest BCUT2D eigenvalue weighted by Gasteiger charge is -2.27. The largest absolute Gasteiger partial charge is 0.369 e. The standard InChI is InChI=1S/C23H26N6O/c1-4-29(17(2)3)21-10-8-18(9-11-21)23(30)26-19-13-24-28(15-19)16-20-14-27-12-6-5-7-22(27)25-20/h5-15,17H,4,16H2,1-3H3,(H,26,30). The summed E-state index contributed by atoms with van der Waals surface area (Å²) in [6.07, 6.45) is 7.41. The lowest BCUT2D eigenvalue weighted by atomic mass is 10.1. The topological polar surface area (TPSA) is 67.5 Å². The average molecular weight is 403 g/mol. The molecule has 1 N–H and O–H groups in total. The Balaban J connectivity index is 1.41. The van der Waals surface area contributed by atoms with Crippen LogP contribution in [0.25, 0.3) is 5.65 Å². The molecule has 0 aliphatic rings. The number of carbonyl (C=O) groups excluding carboxylic acids is 1. The quantitative estimate of drug-likeness (QED) is 0.506. The number of hydrogen-bond acceptors (Lipinski definition) is 4. The van der Waals surface area contributed by atoms with E-state index in [9.17, 15) is 4.79 Å². The number of carbonyl (C=O) groups is 1. The average Bonchev–Trinajstić information content (AvgIpc) is 3.35. The van der Waals surface area contributed by atoms with Gasteiger partial charge in [0.1, 0.15) is 5.65 Å². The Morgan fingerprint density at radius 3 is 2.63 bits per heavy atom. The lowest BCUT2D eigenvalue weighted by molar-refractivity contribution is 0.102. The van der Waals surface area contributed by atoms with E-state index in [-0.39, 0.29) is 5.91 Å². The Bertz CT molecular complexity index is 1110. The van der Waals surface area contributed by atoms with Crippen molar-refractivity contribution in [2.24, 2.45) is 0 Å². The first kappa shape index (κ1) is 19.7. The molecule has 1 aromatic carbocycles. The predicted molar refractivity (Wildman–Crippen MR) is 119 cm³/mol. The molecule has 0 aliphatic carbocycles. The highest BCUT2D eigenvalue weighted by Crippen LogP contribution is 2.18. The van der Waals surface area contributed by atoms with Crippen LogP contribution in [0.5, 0.6) is 0 Å². The Morgan fingerprint density at radius 2 is 1.93 bits per heavy atom.